The van der Waals surface area contributed by atoms with Crippen molar-refractivity contribution in [2.45, 2.75) is 19.9 Å². The molecular weight excluding hydrogens is 376 g/mol. The number of aromatic nitrogens is 1. The second-order valence-electron chi connectivity index (χ2n) is 6.11. The highest BCUT2D eigenvalue weighted by Crippen LogP contribution is 2.32. The molecule has 1 amide bonds. The average Bonchev–Trinajstić information content (AvgIpc) is 3.26. The second kappa shape index (κ2) is 7.79. The number of fused-ring (bicyclic) bond motifs is 2. The zero-order valence-electron chi connectivity index (χ0n) is 15.3. The fraction of sp³-hybridized carbons (Fsp3) is 0.238. The molecule has 1 aliphatic heterocycles. The summed E-state index contributed by atoms with van der Waals surface area (Å²) < 4.78 is 19.1. The van der Waals surface area contributed by atoms with Gasteiger partial charge in [0.25, 0.3) is 5.91 Å². The molecule has 2 heterocycles. The van der Waals surface area contributed by atoms with E-state index < -0.39 is 0 Å². The molecule has 1 aliphatic rings. The lowest BCUT2D eigenvalue weighted by Crippen LogP contribution is -2.17. The van der Waals surface area contributed by atoms with Crippen molar-refractivity contribution in [1.82, 2.24) is 4.57 Å². The zero-order chi connectivity index (χ0) is 19.5. The van der Waals surface area contributed by atoms with Gasteiger partial charge in [-0.2, -0.15) is 4.99 Å². The number of benzene rings is 2. The van der Waals surface area contributed by atoms with E-state index in [0.717, 1.165) is 21.5 Å². The standard InChI is InChI=1S/C21H18N2O4S/c1-3-9-23-16-7-6-15(25-4-2)12-19(16)28-21(23)22-20(24)11-14-5-8-17-18(10-14)27-13-26-17/h1,5-8,10,12H,4,9,11,13H2,2H3. The van der Waals surface area contributed by atoms with Gasteiger partial charge < -0.3 is 18.8 Å². The molecule has 0 bridgehead atoms. The Morgan fingerprint density at radius 2 is 2.14 bits per heavy atom. The van der Waals surface area contributed by atoms with E-state index in [2.05, 4.69) is 10.9 Å². The number of hydrogen-bond donors (Lipinski definition) is 0. The minimum Gasteiger partial charge on any atom is -0.494 e. The summed E-state index contributed by atoms with van der Waals surface area (Å²) in [6, 6.07) is 11.2. The molecule has 0 saturated carbocycles. The molecule has 142 valence electrons. The van der Waals surface area contributed by atoms with Gasteiger partial charge in [0.1, 0.15) is 5.75 Å². The van der Waals surface area contributed by atoms with E-state index in [9.17, 15) is 4.79 Å². The Morgan fingerprint density at radius 1 is 1.29 bits per heavy atom. The van der Waals surface area contributed by atoms with E-state index in [0.29, 0.717) is 29.5 Å². The van der Waals surface area contributed by atoms with Crippen LogP contribution in [0.3, 0.4) is 0 Å². The zero-order valence-corrected chi connectivity index (χ0v) is 16.1. The number of carbonyl (C=O) groups excluding carboxylic acids is 1. The quantitative estimate of drug-likeness (QED) is 0.624. The molecular formula is C21H18N2O4S. The first-order valence-electron chi connectivity index (χ1n) is 8.83. The molecule has 28 heavy (non-hydrogen) atoms. The largest absolute Gasteiger partial charge is 0.494 e. The lowest BCUT2D eigenvalue weighted by Gasteiger charge is -2.03. The molecule has 0 atom stereocenters. The fourth-order valence-electron chi connectivity index (χ4n) is 3.01. The van der Waals surface area contributed by atoms with Gasteiger partial charge in [0.2, 0.25) is 6.79 Å². The first kappa shape index (κ1) is 18.1. The Hall–Kier alpha value is -3.24. The smallest absolute Gasteiger partial charge is 0.252 e. The first-order chi connectivity index (χ1) is 13.7. The van der Waals surface area contributed by atoms with E-state index in [4.69, 9.17) is 20.6 Å². The number of nitrogens with zero attached hydrogens (tertiary/aromatic N) is 2. The number of terminal acetylenes is 1. The molecule has 0 spiro atoms. The molecule has 0 N–H and O–H groups in total. The molecule has 2 aromatic carbocycles. The van der Waals surface area contributed by atoms with E-state index in [-0.39, 0.29) is 19.1 Å². The van der Waals surface area contributed by atoms with Gasteiger partial charge in [-0.1, -0.05) is 23.3 Å². The predicted molar refractivity (Wildman–Crippen MR) is 107 cm³/mol. The van der Waals surface area contributed by atoms with Crippen LogP contribution in [0.1, 0.15) is 12.5 Å². The molecule has 4 rings (SSSR count). The highest BCUT2D eigenvalue weighted by Gasteiger charge is 2.15. The van der Waals surface area contributed by atoms with E-state index in [1.807, 2.05) is 41.8 Å². The Bertz CT molecular complexity index is 1150. The molecule has 0 saturated heterocycles. The summed E-state index contributed by atoms with van der Waals surface area (Å²) in [6.07, 6.45) is 5.69. The van der Waals surface area contributed by atoms with Crippen LogP contribution in [0.25, 0.3) is 10.2 Å². The van der Waals surface area contributed by atoms with Crippen molar-refractivity contribution in [1.29, 1.82) is 0 Å². The summed E-state index contributed by atoms with van der Waals surface area (Å²) in [6.45, 7) is 3.07. The summed E-state index contributed by atoms with van der Waals surface area (Å²) in [5.74, 6) is 4.50. The molecule has 0 fully saturated rings. The minimum absolute atomic E-state index is 0.172. The van der Waals surface area contributed by atoms with Gasteiger partial charge in [-0.25, -0.2) is 0 Å². The maximum Gasteiger partial charge on any atom is 0.252 e. The van der Waals surface area contributed by atoms with E-state index in [1.54, 1.807) is 6.07 Å². The van der Waals surface area contributed by atoms with Gasteiger partial charge in [0.05, 0.1) is 29.8 Å². The second-order valence-corrected chi connectivity index (χ2v) is 7.12. The monoisotopic (exact) mass is 394 g/mol. The van der Waals surface area contributed by atoms with E-state index >= 15 is 0 Å². The van der Waals surface area contributed by atoms with Crippen LogP contribution < -0.4 is 19.0 Å². The van der Waals surface area contributed by atoms with Crippen molar-refractivity contribution in [3.05, 3.63) is 46.8 Å². The number of hydrogen-bond acceptors (Lipinski definition) is 5. The van der Waals surface area contributed by atoms with Crippen molar-refractivity contribution >= 4 is 27.5 Å². The van der Waals surface area contributed by atoms with Crippen molar-refractivity contribution in [3.63, 3.8) is 0 Å². The third-order valence-electron chi connectivity index (χ3n) is 4.23. The number of ether oxygens (including phenoxy) is 3. The Balaban J connectivity index is 1.66. The molecule has 0 aliphatic carbocycles. The maximum absolute atomic E-state index is 12.6. The number of carbonyl (C=O) groups is 1. The molecule has 0 unspecified atom stereocenters. The van der Waals surface area contributed by atoms with Crippen LogP contribution in [0.15, 0.2) is 41.4 Å². The van der Waals surface area contributed by atoms with Crippen molar-refractivity contribution in [3.8, 4) is 29.6 Å². The Morgan fingerprint density at radius 3 is 2.96 bits per heavy atom. The fourth-order valence-corrected chi connectivity index (χ4v) is 4.09. The molecule has 6 nitrogen and oxygen atoms in total. The van der Waals surface area contributed by atoms with Gasteiger partial charge in [0, 0.05) is 0 Å². The number of amides is 1. The van der Waals surface area contributed by atoms with Crippen molar-refractivity contribution < 1.29 is 19.0 Å². The summed E-state index contributed by atoms with van der Waals surface area (Å²) in [5, 5.41) is 0. The van der Waals surface area contributed by atoms with Gasteiger partial charge in [-0.3, -0.25) is 4.79 Å². The van der Waals surface area contributed by atoms with Crippen LogP contribution in [0.5, 0.6) is 17.2 Å². The molecule has 0 radical (unpaired) electrons. The van der Waals surface area contributed by atoms with Crippen LogP contribution in [0.2, 0.25) is 0 Å². The normalized spacial score (nSPS) is 12.9. The third-order valence-corrected chi connectivity index (χ3v) is 5.27. The predicted octanol–water partition coefficient (Wildman–Crippen LogP) is 3.13. The van der Waals surface area contributed by atoms with Gasteiger partial charge in [0.15, 0.2) is 16.3 Å². The minimum atomic E-state index is -0.249. The third kappa shape index (κ3) is 3.59. The number of thiazole rings is 1. The lowest BCUT2D eigenvalue weighted by molar-refractivity contribution is -0.117. The van der Waals surface area contributed by atoms with Gasteiger partial charge in [-0.05, 0) is 42.8 Å². The highest BCUT2D eigenvalue weighted by molar-refractivity contribution is 7.16. The SMILES string of the molecule is C#CCn1c(=NC(=O)Cc2ccc3c(c2)OCO3)sc2cc(OCC)ccc21. The highest BCUT2D eigenvalue weighted by atomic mass is 32.1. The van der Waals surface area contributed by atoms with Gasteiger partial charge in [-0.15, -0.1) is 6.42 Å². The Kier molecular flexibility index (Phi) is 5.04. The van der Waals surface area contributed by atoms with E-state index in [1.165, 1.54) is 11.3 Å². The van der Waals surface area contributed by atoms with Gasteiger partial charge >= 0.3 is 0 Å². The molecule has 1 aromatic heterocycles. The number of rotatable bonds is 5. The van der Waals surface area contributed by atoms with Crippen molar-refractivity contribution in [2.24, 2.45) is 4.99 Å². The van der Waals surface area contributed by atoms with Crippen LogP contribution in [0, 0.1) is 12.3 Å². The van der Waals surface area contributed by atoms with Crippen LogP contribution >= 0.6 is 11.3 Å². The first-order valence-corrected chi connectivity index (χ1v) is 9.65. The molecule has 3 aromatic rings. The summed E-state index contributed by atoms with van der Waals surface area (Å²) in [7, 11) is 0. The summed E-state index contributed by atoms with van der Waals surface area (Å²) in [5.41, 5.74) is 1.75. The summed E-state index contributed by atoms with van der Waals surface area (Å²) in [4.78, 5) is 17.5. The maximum atomic E-state index is 12.6. The topological polar surface area (TPSA) is 62.1 Å². The Labute approximate surface area is 166 Å². The van der Waals surface area contributed by atoms with Crippen LogP contribution in [0.4, 0.5) is 0 Å². The average molecular weight is 394 g/mol. The molecule has 7 heteroatoms. The lowest BCUT2D eigenvalue weighted by atomic mass is 10.1. The van der Waals surface area contributed by atoms with Crippen LogP contribution in [-0.2, 0) is 17.8 Å². The summed E-state index contributed by atoms with van der Waals surface area (Å²) >= 11 is 1.42. The van der Waals surface area contributed by atoms with Crippen molar-refractivity contribution in [2.75, 3.05) is 13.4 Å². The van der Waals surface area contributed by atoms with Crippen LogP contribution in [-0.4, -0.2) is 23.9 Å².